The second-order valence-electron chi connectivity index (χ2n) is 6.44. The molecule has 2 rings (SSSR count). The number of hydrogen-bond donors (Lipinski definition) is 2. The van der Waals surface area contributed by atoms with Gasteiger partial charge in [0, 0.05) is 6.07 Å². The zero-order chi connectivity index (χ0) is 16.3. The lowest BCUT2D eigenvalue weighted by Crippen LogP contribution is -2.52. The number of aliphatic hydroxyl groups is 1. The molecular weight excluding hydrogens is 304 g/mol. The van der Waals surface area contributed by atoms with Gasteiger partial charge < -0.3 is 15.2 Å². The standard InChI is InChI=1S/C16H23ClN2O3/c1-10(2)16(3,9-20)19-15(21)13-6-14(12(17)7-18-13)22-8-11-4-5-11/h6-7,10-11,20H,4-5,8-9H2,1-3H3,(H,19,21)/t16-/m1/s1. The second-order valence-corrected chi connectivity index (χ2v) is 6.85. The fraction of sp³-hybridized carbons (Fsp3) is 0.625. The minimum Gasteiger partial charge on any atom is -0.492 e. The van der Waals surface area contributed by atoms with E-state index in [9.17, 15) is 9.90 Å². The zero-order valence-corrected chi connectivity index (χ0v) is 14.0. The topological polar surface area (TPSA) is 71.5 Å². The fourth-order valence-corrected chi connectivity index (χ4v) is 1.99. The third-order valence-electron chi connectivity index (χ3n) is 4.23. The Hall–Kier alpha value is -1.33. The van der Waals surface area contributed by atoms with Crippen molar-refractivity contribution in [2.75, 3.05) is 13.2 Å². The number of ether oxygens (including phenoxy) is 1. The summed E-state index contributed by atoms with van der Waals surface area (Å²) in [5.41, 5.74) is -0.469. The zero-order valence-electron chi connectivity index (χ0n) is 13.2. The summed E-state index contributed by atoms with van der Waals surface area (Å²) in [6.45, 7) is 6.15. The van der Waals surface area contributed by atoms with E-state index in [2.05, 4.69) is 10.3 Å². The van der Waals surface area contributed by atoms with Gasteiger partial charge in [0.15, 0.2) is 0 Å². The molecule has 1 aliphatic rings. The fourth-order valence-electron chi connectivity index (χ4n) is 1.84. The van der Waals surface area contributed by atoms with E-state index in [1.807, 2.05) is 13.8 Å². The highest BCUT2D eigenvalue weighted by atomic mass is 35.5. The van der Waals surface area contributed by atoms with Crippen LogP contribution >= 0.6 is 11.6 Å². The maximum atomic E-state index is 12.4. The highest BCUT2D eigenvalue weighted by molar-refractivity contribution is 6.32. The number of aromatic nitrogens is 1. The average molecular weight is 327 g/mol. The van der Waals surface area contributed by atoms with Crippen molar-refractivity contribution in [2.24, 2.45) is 11.8 Å². The van der Waals surface area contributed by atoms with Gasteiger partial charge in [0.1, 0.15) is 16.5 Å². The molecule has 0 spiro atoms. The average Bonchev–Trinajstić information content (AvgIpc) is 3.30. The van der Waals surface area contributed by atoms with E-state index in [4.69, 9.17) is 16.3 Å². The summed E-state index contributed by atoms with van der Waals surface area (Å²) in [6.07, 6.45) is 3.78. The number of hydrogen-bond acceptors (Lipinski definition) is 4. The van der Waals surface area contributed by atoms with Gasteiger partial charge in [0.25, 0.3) is 5.91 Å². The van der Waals surface area contributed by atoms with Gasteiger partial charge in [-0.2, -0.15) is 0 Å². The molecular formula is C16H23ClN2O3. The molecule has 0 radical (unpaired) electrons. The van der Waals surface area contributed by atoms with Crippen LogP contribution in [0.5, 0.6) is 5.75 Å². The van der Waals surface area contributed by atoms with Crippen molar-refractivity contribution >= 4 is 17.5 Å². The molecule has 1 amide bonds. The SMILES string of the molecule is CC(C)[C@@](C)(CO)NC(=O)c1cc(OCC2CC2)c(Cl)cn1. The van der Waals surface area contributed by atoms with Crippen LogP contribution < -0.4 is 10.1 Å². The first-order valence-electron chi connectivity index (χ1n) is 7.57. The number of carbonyl (C=O) groups is 1. The van der Waals surface area contributed by atoms with E-state index >= 15 is 0 Å². The number of halogens is 1. The third-order valence-corrected chi connectivity index (χ3v) is 4.51. The Morgan fingerprint density at radius 3 is 2.82 bits per heavy atom. The number of nitrogens with zero attached hydrogens (tertiary/aromatic N) is 1. The summed E-state index contributed by atoms with van der Waals surface area (Å²) in [6, 6.07) is 1.55. The van der Waals surface area contributed by atoms with Crippen LogP contribution in [0.3, 0.4) is 0 Å². The molecule has 1 aromatic rings. The molecule has 1 saturated carbocycles. The quantitative estimate of drug-likeness (QED) is 0.808. The summed E-state index contributed by atoms with van der Waals surface area (Å²) in [5.74, 6) is 0.807. The number of aliphatic hydroxyl groups excluding tert-OH is 1. The lowest BCUT2D eigenvalue weighted by Gasteiger charge is -2.32. The molecule has 1 heterocycles. The van der Waals surface area contributed by atoms with E-state index in [0.29, 0.717) is 23.3 Å². The molecule has 1 fully saturated rings. The van der Waals surface area contributed by atoms with Crippen molar-refractivity contribution in [3.63, 3.8) is 0 Å². The Kier molecular flexibility index (Phi) is 5.29. The number of carbonyl (C=O) groups excluding carboxylic acids is 1. The van der Waals surface area contributed by atoms with Crippen LogP contribution in [0.15, 0.2) is 12.3 Å². The maximum absolute atomic E-state index is 12.4. The van der Waals surface area contributed by atoms with Gasteiger partial charge in [-0.05, 0) is 31.6 Å². The summed E-state index contributed by atoms with van der Waals surface area (Å²) in [5, 5.41) is 12.7. The van der Waals surface area contributed by atoms with Crippen molar-refractivity contribution < 1.29 is 14.6 Å². The molecule has 2 N–H and O–H groups in total. The van der Waals surface area contributed by atoms with Crippen molar-refractivity contribution in [2.45, 2.75) is 39.2 Å². The molecule has 22 heavy (non-hydrogen) atoms. The third kappa shape index (κ3) is 4.11. The minimum absolute atomic E-state index is 0.0827. The minimum atomic E-state index is -0.701. The van der Waals surface area contributed by atoms with Crippen LogP contribution in [-0.4, -0.2) is 34.8 Å². The molecule has 0 bridgehead atoms. The molecule has 1 aliphatic carbocycles. The smallest absolute Gasteiger partial charge is 0.270 e. The Balaban J connectivity index is 2.09. The van der Waals surface area contributed by atoms with Crippen molar-refractivity contribution in [3.05, 3.63) is 23.0 Å². The number of nitrogens with one attached hydrogen (secondary N) is 1. The normalized spacial score (nSPS) is 17.2. The van der Waals surface area contributed by atoms with E-state index in [1.165, 1.54) is 19.0 Å². The van der Waals surface area contributed by atoms with E-state index in [-0.39, 0.29) is 24.1 Å². The van der Waals surface area contributed by atoms with Crippen LogP contribution in [0.2, 0.25) is 5.02 Å². The van der Waals surface area contributed by atoms with Crippen molar-refractivity contribution in [1.82, 2.24) is 10.3 Å². The second kappa shape index (κ2) is 6.84. The van der Waals surface area contributed by atoms with Crippen LogP contribution in [0.25, 0.3) is 0 Å². The molecule has 0 unspecified atom stereocenters. The van der Waals surface area contributed by atoms with Crippen molar-refractivity contribution in [1.29, 1.82) is 0 Å². The molecule has 0 aromatic carbocycles. The number of amides is 1. The van der Waals surface area contributed by atoms with Crippen LogP contribution in [-0.2, 0) is 0 Å². The molecule has 0 aliphatic heterocycles. The molecule has 122 valence electrons. The van der Waals surface area contributed by atoms with Gasteiger partial charge in [0.2, 0.25) is 0 Å². The van der Waals surface area contributed by atoms with Gasteiger partial charge in [-0.15, -0.1) is 0 Å². The highest BCUT2D eigenvalue weighted by Crippen LogP contribution is 2.31. The molecule has 1 aromatic heterocycles. The number of rotatable bonds is 7. The largest absolute Gasteiger partial charge is 0.492 e. The Morgan fingerprint density at radius 2 is 2.27 bits per heavy atom. The maximum Gasteiger partial charge on any atom is 0.270 e. The first-order valence-corrected chi connectivity index (χ1v) is 7.95. The molecule has 0 saturated heterocycles. The van der Waals surface area contributed by atoms with Gasteiger partial charge in [-0.3, -0.25) is 4.79 Å². The van der Waals surface area contributed by atoms with Gasteiger partial charge in [-0.1, -0.05) is 25.4 Å². The monoisotopic (exact) mass is 326 g/mol. The van der Waals surface area contributed by atoms with Gasteiger partial charge in [-0.25, -0.2) is 4.98 Å². The van der Waals surface area contributed by atoms with Crippen LogP contribution in [0, 0.1) is 11.8 Å². The van der Waals surface area contributed by atoms with Gasteiger partial charge in [0.05, 0.1) is 24.9 Å². The Bertz CT molecular complexity index is 546. The van der Waals surface area contributed by atoms with E-state index in [1.54, 1.807) is 13.0 Å². The van der Waals surface area contributed by atoms with Crippen LogP contribution in [0.1, 0.15) is 44.1 Å². The summed E-state index contributed by atoms with van der Waals surface area (Å²) in [7, 11) is 0. The summed E-state index contributed by atoms with van der Waals surface area (Å²) >= 11 is 6.06. The predicted molar refractivity (Wildman–Crippen MR) is 85.3 cm³/mol. The van der Waals surface area contributed by atoms with Gasteiger partial charge >= 0.3 is 0 Å². The first-order chi connectivity index (χ1) is 10.4. The van der Waals surface area contributed by atoms with E-state index in [0.717, 1.165) is 0 Å². The van der Waals surface area contributed by atoms with Crippen LogP contribution in [0.4, 0.5) is 0 Å². The lowest BCUT2D eigenvalue weighted by molar-refractivity contribution is 0.0778. The Labute approximate surface area is 136 Å². The van der Waals surface area contributed by atoms with Crippen molar-refractivity contribution in [3.8, 4) is 5.75 Å². The summed E-state index contributed by atoms with van der Waals surface area (Å²) in [4.78, 5) is 16.4. The molecule has 1 atom stereocenters. The number of pyridine rings is 1. The molecule has 6 heteroatoms. The van der Waals surface area contributed by atoms with E-state index < -0.39 is 5.54 Å². The lowest BCUT2D eigenvalue weighted by atomic mass is 9.89. The molecule has 5 nitrogen and oxygen atoms in total. The summed E-state index contributed by atoms with van der Waals surface area (Å²) < 4.78 is 5.65. The Morgan fingerprint density at radius 1 is 1.59 bits per heavy atom. The highest BCUT2D eigenvalue weighted by Gasteiger charge is 2.30. The first kappa shape index (κ1) is 17.0. The predicted octanol–water partition coefficient (Wildman–Crippen LogP) is 2.66.